The van der Waals surface area contributed by atoms with Crippen molar-refractivity contribution in [1.82, 2.24) is 4.98 Å². The van der Waals surface area contributed by atoms with Gasteiger partial charge in [0, 0.05) is 12.3 Å². The summed E-state index contributed by atoms with van der Waals surface area (Å²) in [5, 5.41) is -0.578. The molecule has 0 unspecified atom stereocenters. The molecule has 0 amide bonds. The van der Waals surface area contributed by atoms with E-state index in [-0.39, 0.29) is 5.82 Å². The van der Waals surface area contributed by atoms with Crippen molar-refractivity contribution in [3.8, 4) is 0 Å². The zero-order chi connectivity index (χ0) is 19.5. The van der Waals surface area contributed by atoms with E-state index >= 15 is 0 Å². The Morgan fingerprint density at radius 2 is 1.92 bits per heavy atom. The molecule has 2 aromatic rings. The van der Waals surface area contributed by atoms with Crippen LogP contribution in [0, 0.1) is 6.92 Å². The number of aromatic nitrogens is 1. The van der Waals surface area contributed by atoms with Crippen LogP contribution < -0.4 is 4.72 Å². The number of nitrogens with one attached hydrogen (secondary N) is 1. The third-order valence-corrected chi connectivity index (χ3v) is 5.13. The second kappa shape index (κ2) is 7.81. The Labute approximate surface area is 154 Å². The van der Waals surface area contributed by atoms with Crippen molar-refractivity contribution in [2.45, 2.75) is 31.5 Å². The number of hydrogen-bond donors (Lipinski definition) is 1. The topological polar surface area (TPSA) is 68.3 Å². The van der Waals surface area contributed by atoms with Gasteiger partial charge in [-0.2, -0.15) is 13.2 Å². The lowest BCUT2D eigenvalue weighted by molar-refractivity contribution is -0.137. The van der Waals surface area contributed by atoms with Crippen LogP contribution in [0.25, 0.3) is 0 Å². The molecule has 0 saturated heterocycles. The van der Waals surface area contributed by atoms with E-state index in [0.29, 0.717) is 25.0 Å². The molecule has 1 N–H and O–H groups in total. The van der Waals surface area contributed by atoms with Gasteiger partial charge in [0.05, 0.1) is 22.1 Å². The fraction of sp³-hybridized carbons (Fsp3) is 0.312. The van der Waals surface area contributed by atoms with Crippen LogP contribution in [0.2, 0.25) is 5.02 Å². The Bertz CT molecular complexity index is 902. The van der Waals surface area contributed by atoms with Gasteiger partial charge >= 0.3 is 6.18 Å². The zero-order valence-electron chi connectivity index (χ0n) is 13.9. The fourth-order valence-corrected chi connectivity index (χ4v) is 3.35. The highest BCUT2D eigenvalue weighted by Crippen LogP contribution is 2.36. The van der Waals surface area contributed by atoms with Gasteiger partial charge in [-0.3, -0.25) is 4.72 Å². The lowest BCUT2D eigenvalue weighted by atomic mass is 10.2. The van der Waals surface area contributed by atoms with Crippen molar-refractivity contribution in [2.24, 2.45) is 0 Å². The molecule has 10 heteroatoms. The average molecular weight is 409 g/mol. The highest BCUT2D eigenvalue weighted by atomic mass is 35.5. The minimum atomic E-state index is -4.77. The molecule has 0 spiro atoms. The van der Waals surface area contributed by atoms with E-state index in [1.807, 2.05) is 6.92 Å². The number of benzene rings is 1. The van der Waals surface area contributed by atoms with Gasteiger partial charge in [-0.15, -0.1) is 0 Å². The maximum atomic E-state index is 12.9. The number of aryl methyl sites for hydroxylation is 1. The Morgan fingerprint density at radius 3 is 2.50 bits per heavy atom. The molecule has 1 heterocycles. The molecule has 0 atom stereocenters. The van der Waals surface area contributed by atoms with E-state index in [9.17, 15) is 21.6 Å². The average Bonchev–Trinajstić information content (AvgIpc) is 2.53. The van der Waals surface area contributed by atoms with Crippen molar-refractivity contribution >= 4 is 27.4 Å². The summed E-state index contributed by atoms with van der Waals surface area (Å²) < 4.78 is 70.9. The number of halogens is 4. The number of sulfonamides is 1. The van der Waals surface area contributed by atoms with Crippen molar-refractivity contribution in [3.05, 3.63) is 52.2 Å². The molecule has 2 rings (SSSR count). The lowest BCUT2D eigenvalue weighted by Crippen LogP contribution is -2.16. The van der Waals surface area contributed by atoms with E-state index < -0.39 is 31.7 Å². The molecule has 1 aromatic carbocycles. The van der Waals surface area contributed by atoms with E-state index in [4.69, 9.17) is 16.3 Å². The number of pyridine rings is 1. The van der Waals surface area contributed by atoms with E-state index in [0.717, 1.165) is 17.7 Å². The summed E-state index contributed by atoms with van der Waals surface area (Å²) in [4.78, 5) is 3.54. The summed E-state index contributed by atoms with van der Waals surface area (Å²) in [6.07, 6.45) is -4.77. The second-order valence-electron chi connectivity index (χ2n) is 5.32. The number of nitrogens with zero attached hydrogens (tertiary/aromatic N) is 1. The minimum Gasteiger partial charge on any atom is -0.377 e. The first-order valence-electron chi connectivity index (χ1n) is 7.48. The molecule has 0 fully saturated rings. The summed E-state index contributed by atoms with van der Waals surface area (Å²) in [5.41, 5.74) is 0.102. The van der Waals surface area contributed by atoms with Gasteiger partial charge in [-0.1, -0.05) is 17.7 Å². The maximum Gasteiger partial charge on any atom is 0.417 e. The molecule has 0 bridgehead atoms. The molecule has 26 heavy (non-hydrogen) atoms. The van der Waals surface area contributed by atoms with Crippen LogP contribution in [0.1, 0.15) is 23.7 Å². The van der Waals surface area contributed by atoms with Gasteiger partial charge < -0.3 is 4.74 Å². The Morgan fingerprint density at radius 1 is 1.23 bits per heavy atom. The maximum absolute atomic E-state index is 12.9. The highest BCUT2D eigenvalue weighted by molar-refractivity contribution is 7.92. The van der Waals surface area contributed by atoms with Crippen molar-refractivity contribution < 1.29 is 26.3 Å². The monoisotopic (exact) mass is 408 g/mol. The standard InChI is InChI=1S/C16H16ClF3N2O3S/c1-3-25-9-11-4-7-15(21-10(11)2)22-26(23,24)12-5-6-14(17)13(8-12)16(18,19)20/h4-8H,3,9H2,1-2H3,(H,21,22). The predicted molar refractivity (Wildman–Crippen MR) is 91.6 cm³/mol. The summed E-state index contributed by atoms with van der Waals surface area (Å²) >= 11 is 5.51. The molecule has 5 nitrogen and oxygen atoms in total. The molecule has 0 aliphatic carbocycles. The van der Waals surface area contributed by atoms with Crippen LogP contribution in [0.5, 0.6) is 0 Å². The summed E-state index contributed by atoms with van der Waals surface area (Å²) in [6, 6.07) is 5.43. The molecule has 0 saturated carbocycles. The zero-order valence-corrected chi connectivity index (χ0v) is 15.5. The largest absolute Gasteiger partial charge is 0.417 e. The lowest BCUT2D eigenvalue weighted by Gasteiger charge is -2.13. The smallest absolute Gasteiger partial charge is 0.377 e. The predicted octanol–water partition coefficient (Wildman–Crippen LogP) is 4.40. The van der Waals surface area contributed by atoms with Gasteiger partial charge in [-0.05, 0) is 43.7 Å². The molecule has 0 aliphatic rings. The van der Waals surface area contributed by atoms with Crippen molar-refractivity contribution in [1.29, 1.82) is 0 Å². The van der Waals surface area contributed by atoms with Crippen LogP contribution in [0.15, 0.2) is 35.2 Å². The SMILES string of the molecule is CCOCc1ccc(NS(=O)(=O)c2ccc(Cl)c(C(F)(F)F)c2)nc1C. The number of hydrogen-bond acceptors (Lipinski definition) is 4. The Balaban J connectivity index is 2.31. The molecule has 0 radical (unpaired) electrons. The van der Waals surface area contributed by atoms with E-state index in [1.54, 1.807) is 13.0 Å². The van der Waals surface area contributed by atoms with Crippen molar-refractivity contribution in [3.63, 3.8) is 0 Å². The minimum absolute atomic E-state index is 0.00810. The second-order valence-corrected chi connectivity index (χ2v) is 7.41. The molecule has 0 aliphatic heterocycles. The van der Waals surface area contributed by atoms with Crippen LogP contribution in [-0.4, -0.2) is 20.0 Å². The third kappa shape index (κ3) is 4.87. The normalized spacial score (nSPS) is 12.2. The Hall–Kier alpha value is -1.84. The summed E-state index contributed by atoms with van der Waals surface area (Å²) in [7, 11) is -4.26. The quantitative estimate of drug-likeness (QED) is 0.769. The van der Waals surface area contributed by atoms with Gasteiger partial charge in [-0.25, -0.2) is 13.4 Å². The van der Waals surface area contributed by atoms with Crippen molar-refractivity contribution in [2.75, 3.05) is 11.3 Å². The molecular weight excluding hydrogens is 393 g/mol. The van der Waals surface area contributed by atoms with Gasteiger partial charge in [0.2, 0.25) is 0 Å². The van der Waals surface area contributed by atoms with E-state index in [2.05, 4.69) is 9.71 Å². The Kier molecular flexibility index (Phi) is 6.15. The number of ether oxygens (including phenoxy) is 1. The first kappa shape index (κ1) is 20.5. The van der Waals surface area contributed by atoms with Crippen LogP contribution in [-0.2, 0) is 27.5 Å². The summed E-state index contributed by atoms with van der Waals surface area (Å²) in [5.74, 6) is -0.00810. The van der Waals surface area contributed by atoms with Crippen LogP contribution in [0.3, 0.4) is 0 Å². The van der Waals surface area contributed by atoms with Gasteiger partial charge in [0.15, 0.2) is 0 Å². The number of alkyl halides is 3. The summed E-state index contributed by atoms with van der Waals surface area (Å²) in [6.45, 7) is 4.36. The third-order valence-electron chi connectivity index (χ3n) is 3.45. The first-order chi connectivity index (χ1) is 12.0. The molecule has 1 aromatic heterocycles. The fourth-order valence-electron chi connectivity index (χ4n) is 2.10. The number of rotatable bonds is 6. The molecular formula is C16H16ClF3N2O3S. The van der Waals surface area contributed by atoms with Gasteiger partial charge in [0.1, 0.15) is 5.82 Å². The van der Waals surface area contributed by atoms with E-state index in [1.165, 1.54) is 6.07 Å². The first-order valence-corrected chi connectivity index (χ1v) is 9.34. The highest BCUT2D eigenvalue weighted by Gasteiger charge is 2.34. The van der Waals surface area contributed by atoms with Gasteiger partial charge in [0.25, 0.3) is 10.0 Å². The number of anilines is 1. The van der Waals surface area contributed by atoms with Crippen LogP contribution in [0.4, 0.5) is 19.0 Å². The molecule has 142 valence electrons. The van der Waals surface area contributed by atoms with Crippen LogP contribution >= 0.6 is 11.6 Å².